The number of nitrogens with one attached hydrogen (secondary N) is 1. The molecule has 2 aromatic rings. The van der Waals surface area contributed by atoms with Gasteiger partial charge in [0.25, 0.3) is 0 Å². The van der Waals surface area contributed by atoms with Gasteiger partial charge in [-0.15, -0.1) is 0 Å². The zero-order valence-corrected chi connectivity index (χ0v) is 17.9. The van der Waals surface area contributed by atoms with Gasteiger partial charge in [-0.25, -0.2) is 4.68 Å². The van der Waals surface area contributed by atoms with E-state index in [0.717, 1.165) is 28.3 Å². The van der Waals surface area contributed by atoms with Crippen LogP contribution >= 0.6 is 0 Å². The molecule has 0 radical (unpaired) electrons. The van der Waals surface area contributed by atoms with Gasteiger partial charge in [-0.3, -0.25) is 19.3 Å². The molecule has 1 aliphatic heterocycles. The van der Waals surface area contributed by atoms with Crippen molar-refractivity contribution in [2.75, 3.05) is 6.54 Å². The van der Waals surface area contributed by atoms with Crippen molar-refractivity contribution in [1.82, 2.24) is 20.0 Å². The molecule has 1 aromatic carbocycles. The molecule has 160 valence electrons. The van der Waals surface area contributed by atoms with Crippen molar-refractivity contribution in [1.29, 1.82) is 0 Å². The van der Waals surface area contributed by atoms with Crippen LogP contribution in [-0.4, -0.2) is 38.9 Å². The van der Waals surface area contributed by atoms with Gasteiger partial charge in [0.05, 0.1) is 29.8 Å². The molecule has 5 rings (SSSR count). The minimum atomic E-state index is -0.336. The number of aromatic nitrogens is 2. The SMILES string of the molecule is Cc1ccc(-n2ncc([C@H](C)NC(=O)CN3C(=O)[C@@H]4[C@H](C3=O)[C@H]3C=C[C@H]4C3)c2C)cc1. The summed E-state index contributed by atoms with van der Waals surface area (Å²) in [5, 5.41) is 7.40. The lowest BCUT2D eigenvalue weighted by molar-refractivity contribution is -0.144. The number of fused-ring (bicyclic) bond motifs is 5. The summed E-state index contributed by atoms with van der Waals surface area (Å²) in [7, 11) is 0. The molecule has 2 bridgehead atoms. The van der Waals surface area contributed by atoms with E-state index in [1.165, 1.54) is 5.56 Å². The maximum Gasteiger partial charge on any atom is 0.240 e. The fourth-order valence-electron chi connectivity index (χ4n) is 5.42. The zero-order valence-electron chi connectivity index (χ0n) is 17.9. The number of imide groups is 1. The largest absolute Gasteiger partial charge is 0.348 e. The molecular weight excluding hydrogens is 392 g/mol. The van der Waals surface area contributed by atoms with Gasteiger partial charge < -0.3 is 5.32 Å². The lowest BCUT2D eigenvalue weighted by atomic mass is 9.85. The smallest absolute Gasteiger partial charge is 0.240 e. The van der Waals surface area contributed by atoms with Crippen molar-refractivity contribution in [3.63, 3.8) is 0 Å². The summed E-state index contributed by atoms with van der Waals surface area (Å²) in [4.78, 5) is 39.4. The van der Waals surface area contributed by atoms with Crippen LogP contribution in [0.2, 0.25) is 0 Å². The molecule has 1 N–H and O–H groups in total. The summed E-state index contributed by atoms with van der Waals surface area (Å²) in [5.41, 5.74) is 3.96. The van der Waals surface area contributed by atoms with Crippen LogP contribution in [0.15, 0.2) is 42.6 Å². The van der Waals surface area contributed by atoms with Gasteiger partial charge in [0.2, 0.25) is 17.7 Å². The number of allylic oxidation sites excluding steroid dienone is 2. The lowest BCUT2D eigenvalue weighted by Gasteiger charge is -2.19. The molecule has 3 amide bonds. The van der Waals surface area contributed by atoms with Gasteiger partial charge in [-0.2, -0.15) is 5.10 Å². The first kappa shape index (κ1) is 19.7. The number of likely N-dealkylation sites (tertiary alicyclic amines) is 1. The second-order valence-electron chi connectivity index (χ2n) is 8.98. The number of hydrogen-bond donors (Lipinski definition) is 1. The van der Waals surface area contributed by atoms with Crippen LogP contribution in [0.3, 0.4) is 0 Å². The van der Waals surface area contributed by atoms with E-state index in [2.05, 4.69) is 22.6 Å². The average Bonchev–Trinajstić information content (AvgIpc) is 3.49. The summed E-state index contributed by atoms with van der Waals surface area (Å²) >= 11 is 0. The number of amides is 3. The molecule has 2 fully saturated rings. The number of hydrogen-bond acceptors (Lipinski definition) is 4. The third-order valence-electron chi connectivity index (χ3n) is 7.03. The van der Waals surface area contributed by atoms with E-state index in [9.17, 15) is 14.4 Å². The molecule has 7 nitrogen and oxygen atoms in total. The summed E-state index contributed by atoms with van der Waals surface area (Å²) in [6, 6.07) is 7.78. The summed E-state index contributed by atoms with van der Waals surface area (Å²) < 4.78 is 1.84. The van der Waals surface area contributed by atoms with E-state index in [-0.39, 0.29) is 54.0 Å². The Morgan fingerprint density at radius 1 is 1.10 bits per heavy atom. The lowest BCUT2D eigenvalue weighted by Crippen LogP contribution is -2.42. The third kappa shape index (κ3) is 3.10. The zero-order chi connectivity index (χ0) is 21.9. The highest BCUT2D eigenvalue weighted by Gasteiger charge is 2.59. The number of rotatable bonds is 5. The predicted octanol–water partition coefficient (Wildman–Crippen LogP) is 2.47. The highest BCUT2D eigenvalue weighted by atomic mass is 16.2. The van der Waals surface area contributed by atoms with E-state index < -0.39 is 0 Å². The normalized spacial score (nSPS) is 27.1. The second kappa shape index (κ2) is 7.18. The maximum atomic E-state index is 12.8. The third-order valence-corrected chi connectivity index (χ3v) is 7.03. The van der Waals surface area contributed by atoms with Crippen LogP contribution < -0.4 is 5.32 Å². The highest BCUT2D eigenvalue weighted by Crippen LogP contribution is 2.52. The van der Waals surface area contributed by atoms with Gasteiger partial charge >= 0.3 is 0 Å². The number of carbonyl (C=O) groups is 3. The monoisotopic (exact) mass is 418 g/mol. The van der Waals surface area contributed by atoms with Crippen LogP contribution in [0.1, 0.15) is 36.2 Å². The molecule has 1 saturated heterocycles. The fourth-order valence-corrected chi connectivity index (χ4v) is 5.42. The van der Waals surface area contributed by atoms with Gasteiger partial charge in [0, 0.05) is 11.3 Å². The van der Waals surface area contributed by atoms with Crippen molar-refractivity contribution >= 4 is 17.7 Å². The number of aryl methyl sites for hydroxylation is 1. The summed E-state index contributed by atoms with van der Waals surface area (Å²) in [6.07, 6.45) is 6.74. The van der Waals surface area contributed by atoms with Gasteiger partial charge in [-0.05, 0) is 51.2 Å². The topological polar surface area (TPSA) is 84.3 Å². The molecule has 2 heterocycles. The Morgan fingerprint density at radius 3 is 2.32 bits per heavy atom. The van der Waals surface area contributed by atoms with Crippen LogP contribution in [0.4, 0.5) is 0 Å². The minimum absolute atomic E-state index is 0.147. The van der Waals surface area contributed by atoms with Crippen LogP contribution in [-0.2, 0) is 14.4 Å². The van der Waals surface area contributed by atoms with Gasteiger partial charge in [0.15, 0.2) is 0 Å². The molecule has 3 aliphatic rings. The first-order valence-electron chi connectivity index (χ1n) is 10.8. The van der Waals surface area contributed by atoms with E-state index in [4.69, 9.17) is 0 Å². The van der Waals surface area contributed by atoms with Crippen molar-refractivity contribution in [2.45, 2.75) is 33.2 Å². The summed E-state index contributed by atoms with van der Waals surface area (Å²) in [6.45, 7) is 5.66. The van der Waals surface area contributed by atoms with Gasteiger partial charge in [0.1, 0.15) is 6.54 Å². The first-order valence-corrected chi connectivity index (χ1v) is 10.8. The van der Waals surface area contributed by atoms with Crippen molar-refractivity contribution in [3.8, 4) is 5.69 Å². The standard InChI is InChI=1S/C24H26N4O3/c1-13-4-8-18(9-5-13)28-15(3)19(11-25-28)14(2)26-20(29)12-27-23(30)21-16-6-7-17(10-16)22(21)24(27)31/h4-9,11,14,16-17,21-22H,10,12H2,1-3H3,(H,26,29)/t14-,16-,17-,21-,22+/m0/s1. The van der Waals surface area contributed by atoms with E-state index >= 15 is 0 Å². The molecular formula is C24H26N4O3. The predicted molar refractivity (Wildman–Crippen MR) is 114 cm³/mol. The molecule has 0 spiro atoms. The molecule has 31 heavy (non-hydrogen) atoms. The van der Waals surface area contributed by atoms with Crippen LogP contribution in [0, 0.1) is 37.5 Å². The Bertz CT molecular complexity index is 1070. The molecule has 7 heteroatoms. The Balaban J connectivity index is 1.26. The van der Waals surface area contributed by atoms with E-state index in [0.29, 0.717) is 0 Å². The molecule has 0 unspecified atom stereocenters. The molecule has 1 saturated carbocycles. The van der Waals surface area contributed by atoms with Crippen molar-refractivity contribution in [2.24, 2.45) is 23.7 Å². The Hall–Kier alpha value is -3.22. The molecule has 1 aromatic heterocycles. The van der Waals surface area contributed by atoms with E-state index in [1.807, 2.05) is 49.7 Å². The quantitative estimate of drug-likeness (QED) is 0.597. The maximum absolute atomic E-state index is 12.8. The van der Waals surface area contributed by atoms with Crippen LogP contribution in [0.5, 0.6) is 0 Å². The van der Waals surface area contributed by atoms with Gasteiger partial charge in [-0.1, -0.05) is 29.8 Å². The number of benzene rings is 1. The fraction of sp³-hybridized carbons (Fsp3) is 0.417. The van der Waals surface area contributed by atoms with Crippen LogP contribution in [0.25, 0.3) is 5.69 Å². The Morgan fingerprint density at radius 2 is 1.71 bits per heavy atom. The highest BCUT2D eigenvalue weighted by molar-refractivity contribution is 6.08. The van der Waals surface area contributed by atoms with E-state index in [1.54, 1.807) is 6.20 Å². The Kier molecular flexibility index (Phi) is 4.57. The van der Waals surface area contributed by atoms with Crippen molar-refractivity contribution < 1.29 is 14.4 Å². The second-order valence-corrected chi connectivity index (χ2v) is 8.98. The number of carbonyl (C=O) groups excluding carboxylic acids is 3. The summed E-state index contributed by atoms with van der Waals surface area (Å²) in [5.74, 6) is -0.985. The van der Waals surface area contributed by atoms with Crippen molar-refractivity contribution in [3.05, 3.63) is 59.4 Å². The Labute approximate surface area is 181 Å². The molecule has 5 atom stereocenters. The number of nitrogens with zero attached hydrogens (tertiary/aromatic N) is 3. The first-order chi connectivity index (χ1) is 14.8. The average molecular weight is 418 g/mol. The minimum Gasteiger partial charge on any atom is -0.348 e. The molecule has 2 aliphatic carbocycles.